The van der Waals surface area contributed by atoms with Gasteiger partial charge in [-0.15, -0.1) is 0 Å². The van der Waals surface area contributed by atoms with Gasteiger partial charge in [-0.3, -0.25) is 19.7 Å². The second kappa shape index (κ2) is 9.22. The third-order valence-corrected chi connectivity index (χ3v) is 4.23. The molecule has 29 heavy (non-hydrogen) atoms. The van der Waals surface area contributed by atoms with Gasteiger partial charge in [0.15, 0.2) is 5.76 Å². The van der Waals surface area contributed by atoms with Gasteiger partial charge in [-0.2, -0.15) is 0 Å². The lowest BCUT2D eigenvalue weighted by Gasteiger charge is -2.25. The van der Waals surface area contributed by atoms with Crippen LogP contribution in [0.2, 0.25) is 0 Å². The minimum absolute atomic E-state index is 0.214. The number of hydroxylamine groups is 1. The maximum absolute atomic E-state index is 12.9. The van der Waals surface area contributed by atoms with E-state index in [4.69, 9.17) is 14.4 Å². The molecule has 0 fully saturated rings. The predicted octanol–water partition coefficient (Wildman–Crippen LogP) is 2.59. The molecule has 0 aliphatic carbocycles. The Bertz CT molecular complexity index is 948. The van der Waals surface area contributed by atoms with Gasteiger partial charge in [0.2, 0.25) is 0 Å². The van der Waals surface area contributed by atoms with Crippen LogP contribution < -0.4 is 10.2 Å². The maximum atomic E-state index is 12.9. The summed E-state index contributed by atoms with van der Waals surface area (Å²) in [6.07, 6.45) is 0. The SMILES string of the molecule is CN(C)CN(CCOc1ccc(C(=O)NO)cc1)C(=O)c1cc2ccccc2o1. The number of hydrogen-bond donors (Lipinski definition) is 2. The van der Waals surface area contributed by atoms with Gasteiger partial charge in [0.25, 0.3) is 11.8 Å². The van der Waals surface area contributed by atoms with E-state index in [1.807, 2.05) is 43.3 Å². The molecule has 0 aliphatic heterocycles. The smallest absolute Gasteiger partial charge is 0.290 e. The molecular weight excluding hydrogens is 374 g/mol. The van der Waals surface area contributed by atoms with Crippen LogP contribution in [0.3, 0.4) is 0 Å². The summed E-state index contributed by atoms with van der Waals surface area (Å²) in [6.45, 7) is 1.03. The first kappa shape index (κ1) is 20.4. The van der Waals surface area contributed by atoms with Crippen LogP contribution in [-0.4, -0.2) is 60.7 Å². The molecule has 0 radical (unpaired) electrons. The number of fused-ring (bicyclic) bond motifs is 1. The lowest BCUT2D eigenvalue weighted by Crippen LogP contribution is -2.40. The third-order valence-electron chi connectivity index (χ3n) is 4.23. The molecule has 0 spiro atoms. The number of nitrogens with zero attached hydrogens (tertiary/aromatic N) is 2. The maximum Gasteiger partial charge on any atom is 0.290 e. The summed E-state index contributed by atoms with van der Waals surface area (Å²) in [7, 11) is 3.76. The van der Waals surface area contributed by atoms with Crippen LogP contribution in [0.1, 0.15) is 20.9 Å². The normalized spacial score (nSPS) is 10.9. The van der Waals surface area contributed by atoms with E-state index in [0.717, 1.165) is 5.39 Å². The fourth-order valence-electron chi connectivity index (χ4n) is 2.86. The molecule has 2 N–H and O–H groups in total. The van der Waals surface area contributed by atoms with E-state index in [9.17, 15) is 9.59 Å². The van der Waals surface area contributed by atoms with Crippen LogP contribution in [0.5, 0.6) is 5.75 Å². The Balaban J connectivity index is 1.64. The molecule has 0 unspecified atom stereocenters. The highest BCUT2D eigenvalue weighted by Gasteiger charge is 2.20. The van der Waals surface area contributed by atoms with Gasteiger partial charge >= 0.3 is 0 Å². The molecule has 1 aromatic heterocycles. The zero-order valence-electron chi connectivity index (χ0n) is 16.3. The van der Waals surface area contributed by atoms with Crippen LogP contribution in [0, 0.1) is 0 Å². The van der Waals surface area contributed by atoms with Crippen molar-refractivity contribution in [2.75, 3.05) is 33.9 Å². The number of carbonyl (C=O) groups excluding carboxylic acids is 2. The molecule has 0 aliphatic rings. The van der Waals surface area contributed by atoms with Crippen molar-refractivity contribution in [1.82, 2.24) is 15.3 Å². The average Bonchev–Trinajstić information content (AvgIpc) is 3.16. The van der Waals surface area contributed by atoms with Crippen molar-refractivity contribution < 1.29 is 24.0 Å². The zero-order valence-corrected chi connectivity index (χ0v) is 16.3. The molecule has 0 bridgehead atoms. The van der Waals surface area contributed by atoms with E-state index >= 15 is 0 Å². The van der Waals surface area contributed by atoms with E-state index in [-0.39, 0.29) is 18.3 Å². The van der Waals surface area contributed by atoms with Crippen molar-refractivity contribution in [3.8, 4) is 5.75 Å². The van der Waals surface area contributed by atoms with Crippen molar-refractivity contribution in [2.45, 2.75) is 0 Å². The Morgan fingerprint density at radius 3 is 2.48 bits per heavy atom. The van der Waals surface area contributed by atoms with E-state index in [0.29, 0.717) is 30.1 Å². The minimum Gasteiger partial charge on any atom is -0.492 e. The number of ether oxygens (including phenoxy) is 1. The number of para-hydroxylation sites is 1. The highest BCUT2D eigenvalue weighted by Crippen LogP contribution is 2.20. The molecule has 152 valence electrons. The molecule has 0 atom stereocenters. The second-order valence-corrected chi connectivity index (χ2v) is 6.75. The van der Waals surface area contributed by atoms with Gasteiger partial charge in [-0.05, 0) is 50.5 Å². The van der Waals surface area contributed by atoms with Gasteiger partial charge < -0.3 is 14.1 Å². The summed E-state index contributed by atoms with van der Waals surface area (Å²) in [5.74, 6) is 0.0338. The molecule has 2 amide bonds. The minimum atomic E-state index is -0.592. The number of nitrogens with one attached hydrogen (secondary N) is 1. The molecule has 3 rings (SSSR count). The van der Waals surface area contributed by atoms with Gasteiger partial charge in [0.05, 0.1) is 13.2 Å². The standard InChI is InChI=1S/C21H23N3O5/c1-23(2)14-24(21(26)19-13-16-5-3-4-6-18(16)29-19)11-12-28-17-9-7-15(8-10-17)20(25)22-27/h3-10,13,27H,11-12,14H2,1-2H3,(H,22,25). The molecular formula is C21H23N3O5. The monoisotopic (exact) mass is 397 g/mol. The summed E-state index contributed by atoms with van der Waals surface area (Å²) >= 11 is 0. The number of carbonyl (C=O) groups is 2. The Morgan fingerprint density at radius 2 is 1.83 bits per heavy atom. The lowest BCUT2D eigenvalue weighted by atomic mass is 10.2. The lowest BCUT2D eigenvalue weighted by molar-refractivity contribution is 0.0613. The highest BCUT2D eigenvalue weighted by molar-refractivity contribution is 5.96. The van der Waals surface area contributed by atoms with Crippen molar-refractivity contribution in [3.63, 3.8) is 0 Å². The zero-order chi connectivity index (χ0) is 20.8. The fourth-order valence-corrected chi connectivity index (χ4v) is 2.86. The molecule has 1 heterocycles. The number of benzene rings is 2. The first-order valence-corrected chi connectivity index (χ1v) is 9.08. The summed E-state index contributed by atoms with van der Waals surface area (Å²) in [4.78, 5) is 27.8. The van der Waals surface area contributed by atoms with Crippen molar-refractivity contribution in [1.29, 1.82) is 0 Å². The summed E-state index contributed by atoms with van der Waals surface area (Å²) in [5.41, 5.74) is 2.56. The second-order valence-electron chi connectivity index (χ2n) is 6.75. The van der Waals surface area contributed by atoms with Crippen LogP contribution in [-0.2, 0) is 0 Å². The Labute approximate surface area is 168 Å². The molecule has 0 saturated heterocycles. The molecule has 8 heteroatoms. The molecule has 2 aromatic carbocycles. The van der Waals surface area contributed by atoms with Crippen LogP contribution >= 0.6 is 0 Å². The topological polar surface area (TPSA) is 95.3 Å². The quantitative estimate of drug-likeness (QED) is 0.345. The van der Waals surface area contributed by atoms with E-state index in [2.05, 4.69) is 0 Å². The third kappa shape index (κ3) is 5.13. The predicted molar refractivity (Wildman–Crippen MR) is 107 cm³/mol. The first-order valence-electron chi connectivity index (χ1n) is 9.08. The largest absolute Gasteiger partial charge is 0.492 e. The summed E-state index contributed by atoms with van der Waals surface area (Å²) in [6, 6.07) is 15.6. The van der Waals surface area contributed by atoms with E-state index in [1.54, 1.807) is 28.6 Å². The van der Waals surface area contributed by atoms with Gasteiger partial charge in [-0.1, -0.05) is 18.2 Å². The number of furan rings is 1. The van der Waals surface area contributed by atoms with Crippen LogP contribution in [0.15, 0.2) is 59.0 Å². The van der Waals surface area contributed by atoms with Crippen molar-refractivity contribution >= 4 is 22.8 Å². The number of hydrogen-bond acceptors (Lipinski definition) is 6. The molecule has 3 aromatic rings. The molecule has 0 saturated carbocycles. The summed E-state index contributed by atoms with van der Waals surface area (Å²) in [5, 5.41) is 9.52. The van der Waals surface area contributed by atoms with E-state index < -0.39 is 5.91 Å². The average molecular weight is 397 g/mol. The fraction of sp³-hybridized carbons (Fsp3) is 0.238. The Hall–Kier alpha value is -3.36. The van der Waals surface area contributed by atoms with Gasteiger partial charge in [-0.25, -0.2) is 5.48 Å². The van der Waals surface area contributed by atoms with E-state index in [1.165, 1.54) is 12.1 Å². The molecule has 8 nitrogen and oxygen atoms in total. The highest BCUT2D eigenvalue weighted by atomic mass is 16.5. The summed E-state index contributed by atoms with van der Waals surface area (Å²) < 4.78 is 11.4. The van der Waals surface area contributed by atoms with Crippen LogP contribution in [0.4, 0.5) is 0 Å². The number of amides is 2. The Kier molecular flexibility index (Phi) is 6.48. The Morgan fingerprint density at radius 1 is 1.10 bits per heavy atom. The van der Waals surface area contributed by atoms with Gasteiger partial charge in [0.1, 0.15) is 17.9 Å². The number of rotatable bonds is 8. The van der Waals surface area contributed by atoms with Crippen LogP contribution in [0.25, 0.3) is 11.0 Å². The van der Waals surface area contributed by atoms with Gasteiger partial charge in [0, 0.05) is 10.9 Å². The first-order chi connectivity index (χ1) is 14.0. The van der Waals surface area contributed by atoms with Crippen molar-refractivity contribution in [3.05, 3.63) is 65.9 Å². The van der Waals surface area contributed by atoms with Crippen molar-refractivity contribution in [2.24, 2.45) is 0 Å².